The molecule has 16 heavy (non-hydrogen) atoms. The van der Waals surface area contributed by atoms with Gasteiger partial charge in [0.1, 0.15) is 4.64 Å². The zero-order valence-corrected chi connectivity index (χ0v) is 10.4. The van der Waals surface area contributed by atoms with E-state index in [9.17, 15) is 0 Å². The van der Waals surface area contributed by atoms with E-state index >= 15 is 0 Å². The van der Waals surface area contributed by atoms with Crippen LogP contribution in [0.4, 0.5) is 0 Å². The fourth-order valence-electron chi connectivity index (χ4n) is 1.56. The number of hydrogen-bond donors (Lipinski definition) is 1. The van der Waals surface area contributed by atoms with E-state index < -0.39 is 0 Å². The molecule has 0 saturated carbocycles. The van der Waals surface area contributed by atoms with Crippen LogP contribution < -0.4 is 0 Å². The van der Waals surface area contributed by atoms with Crippen molar-refractivity contribution in [3.63, 3.8) is 0 Å². The monoisotopic (exact) mass is 234 g/mol. The Morgan fingerprint density at radius 2 is 2.12 bits per heavy atom. The number of aryl methyl sites for hydroxylation is 1. The summed E-state index contributed by atoms with van der Waals surface area (Å²) in [6.07, 6.45) is 3.82. The second-order valence-corrected chi connectivity index (χ2v) is 4.14. The van der Waals surface area contributed by atoms with E-state index in [1.54, 1.807) is 0 Å². The van der Waals surface area contributed by atoms with Gasteiger partial charge in [-0.2, -0.15) is 10.2 Å². The van der Waals surface area contributed by atoms with E-state index in [1.807, 2.05) is 30.9 Å². The van der Waals surface area contributed by atoms with Crippen LogP contribution in [0, 0.1) is 18.5 Å². The first-order valence-electron chi connectivity index (χ1n) is 5.22. The van der Waals surface area contributed by atoms with Crippen molar-refractivity contribution in [2.75, 3.05) is 0 Å². The summed E-state index contributed by atoms with van der Waals surface area (Å²) in [6, 6.07) is 0. The minimum atomic E-state index is 0.698. The van der Waals surface area contributed by atoms with Crippen LogP contribution in [0.15, 0.2) is 12.4 Å². The Hall–Kier alpha value is -1.49. The van der Waals surface area contributed by atoms with Crippen molar-refractivity contribution in [2.24, 2.45) is 0 Å². The second-order valence-electron chi connectivity index (χ2n) is 3.74. The molecule has 4 nitrogen and oxygen atoms in total. The maximum atomic E-state index is 5.14. The SMILES string of the molecule is CCn1cc(-c2n[nH]c(=S)c(C)c2C)cn1. The molecule has 0 aromatic carbocycles. The van der Waals surface area contributed by atoms with Gasteiger partial charge in [0.2, 0.25) is 0 Å². The number of aromatic amines is 1. The first kappa shape index (κ1) is 11.0. The molecular weight excluding hydrogens is 220 g/mol. The quantitative estimate of drug-likeness (QED) is 0.812. The topological polar surface area (TPSA) is 46.5 Å². The Morgan fingerprint density at radius 1 is 1.38 bits per heavy atom. The Balaban J connectivity index is 2.56. The fourth-order valence-corrected chi connectivity index (χ4v) is 1.76. The molecule has 0 aliphatic heterocycles. The molecule has 5 heteroatoms. The van der Waals surface area contributed by atoms with Gasteiger partial charge >= 0.3 is 0 Å². The highest BCUT2D eigenvalue weighted by molar-refractivity contribution is 7.71. The molecule has 2 aromatic heterocycles. The molecule has 0 fully saturated rings. The summed E-state index contributed by atoms with van der Waals surface area (Å²) in [4.78, 5) is 0. The van der Waals surface area contributed by atoms with Gasteiger partial charge in [0.25, 0.3) is 0 Å². The highest BCUT2D eigenvalue weighted by atomic mass is 32.1. The van der Waals surface area contributed by atoms with Gasteiger partial charge in [-0.1, -0.05) is 12.2 Å². The first-order valence-corrected chi connectivity index (χ1v) is 5.63. The van der Waals surface area contributed by atoms with Gasteiger partial charge in [0, 0.05) is 18.3 Å². The van der Waals surface area contributed by atoms with Crippen LogP contribution >= 0.6 is 12.2 Å². The summed E-state index contributed by atoms with van der Waals surface area (Å²) in [6.45, 7) is 6.95. The Bertz CT molecular complexity index is 568. The van der Waals surface area contributed by atoms with Crippen molar-refractivity contribution in [2.45, 2.75) is 27.3 Å². The third-order valence-electron chi connectivity index (χ3n) is 2.76. The molecule has 2 heterocycles. The van der Waals surface area contributed by atoms with Crippen LogP contribution in [-0.4, -0.2) is 20.0 Å². The van der Waals surface area contributed by atoms with Gasteiger partial charge in [-0.3, -0.25) is 9.78 Å². The number of rotatable bonds is 2. The van der Waals surface area contributed by atoms with Gasteiger partial charge in [0.15, 0.2) is 0 Å². The van der Waals surface area contributed by atoms with Crippen LogP contribution in [0.2, 0.25) is 0 Å². The number of hydrogen-bond acceptors (Lipinski definition) is 3. The Morgan fingerprint density at radius 3 is 2.75 bits per heavy atom. The lowest BCUT2D eigenvalue weighted by Gasteiger charge is -2.04. The van der Waals surface area contributed by atoms with E-state index in [1.165, 1.54) is 0 Å². The molecule has 2 rings (SSSR count). The van der Waals surface area contributed by atoms with E-state index in [4.69, 9.17) is 12.2 Å². The van der Waals surface area contributed by atoms with Crippen molar-refractivity contribution < 1.29 is 0 Å². The lowest BCUT2D eigenvalue weighted by Crippen LogP contribution is -1.96. The van der Waals surface area contributed by atoms with Crippen LogP contribution in [0.25, 0.3) is 11.3 Å². The summed E-state index contributed by atoms with van der Waals surface area (Å²) in [5.41, 5.74) is 4.13. The van der Waals surface area contributed by atoms with Crippen molar-refractivity contribution in [3.8, 4) is 11.3 Å². The molecular formula is C11H14N4S. The summed E-state index contributed by atoms with van der Waals surface area (Å²) < 4.78 is 2.58. The lowest BCUT2D eigenvalue weighted by atomic mass is 10.1. The zero-order valence-electron chi connectivity index (χ0n) is 9.61. The van der Waals surface area contributed by atoms with Crippen LogP contribution in [0.5, 0.6) is 0 Å². The fraction of sp³-hybridized carbons (Fsp3) is 0.364. The Kier molecular flexibility index (Phi) is 2.87. The lowest BCUT2D eigenvalue weighted by molar-refractivity contribution is 0.660. The summed E-state index contributed by atoms with van der Waals surface area (Å²) in [7, 11) is 0. The van der Waals surface area contributed by atoms with Crippen molar-refractivity contribution in [1.29, 1.82) is 0 Å². The molecule has 0 unspecified atom stereocenters. The molecule has 84 valence electrons. The minimum Gasteiger partial charge on any atom is -0.272 e. The first-order chi connectivity index (χ1) is 7.63. The number of aromatic nitrogens is 4. The third-order valence-corrected chi connectivity index (χ3v) is 3.16. The third kappa shape index (κ3) is 1.78. The van der Waals surface area contributed by atoms with E-state index in [2.05, 4.69) is 22.2 Å². The minimum absolute atomic E-state index is 0.698. The highest BCUT2D eigenvalue weighted by Crippen LogP contribution is 2.21. The van der Waals surface area contributed by atoms with Crippen LogP contribution in [0.1, 0.15) is 18.1 Å². The van der Waals surface area contributed by atoms with E-state index in [0.717, 1.165) is 28.9 Å². The molecule has 0 atom stereocenters. The smallest absolute Gasteiger partial charge is 0.122 e. The second kappa shape index (κ2) is 4.17. The number of nitrogens with zero attached hydrogens (tertiary/aromatic N) is 3. The number of H-pyrrole nitrogens is 1. The molecule has 0 saturated heterocycles. The highest BCUT2D eigenvalue weighted by Gasteiger charge is 2.09. The molecule has 0 aliphatic rings. The molecule has 0 spiro atoms. The van der Waals surface area contributed by atoms with Gasteiger partial charge in [-0.25, -0.2) is 0 Å². The summed E-state index contributed by atoms with van der Waals surface area (Å²) in [5.74, 6) is 0. The molecule has 0 bridgehead atoms. The zero-order chi connectivity index (χ0) is 11.7. The molecule has 0 amide bonds. The predicted octanol–water partition coefficient (Wildman–Crippen LogP) is 2.64. The van der Waals surface area contributed by atoms with Crippen LogP contribution in [0.3, 0.4) is 0 Å². The largest absolute Gasteiger partial charge is 0.272 e. The van der Waals surface area contributed by atoms with Crippen molar-refractivity contribution >= 4 is 12.2 Å². The molecule has 1 N–H and O–H groups in total. The maximum Gasteiger partial charge on any atom is 0.122 e. The molecule has 2 aromatic rings. The number of nitrogens with one attached hydrogen (secondary N) is 1. The summed E-state index contributed by atoms with van der Waals surface area (Å²) in [5, 5.41) is 11.4. The van der Waals surface area contributed by atoms with Gasteiger partial charge in [-0.05, 0) is 31.9 Å². The molecule has 0 radical (unpaired) electrons. The molecule has 0 aliphatic carbocycles. The Labute approximate surface area is 99.3 Å². The van der Waals surface area contributed by atoms with Gasteiger partial charge in [0.05, 0.1) is 11.9 Å². The average Bonchev–Trinajstić information content (AvgIpc) is 2.74. The standard InChI is InChI=1S/C11H14N4S/c1-4-15-6-9(5-12-15)10-7(2)8(3)11(16)14-13-10/h5-6H,4H2,1-3H3,(H,14,16). The van der Waals surface area contributed by atoms with Gasteiger partial charge < -0.3 is 0 Å². The van der Waals surface area contributed by atoms with Crippen LogP contribution in [-0.2, 0) is 6.54 Å². The summed E-state index contributed by atoms with van der Waals surface area (Å²) >= 11 is 5.14. The average molecular weight is 234 g/mol. The van der Waals surface area contributed by atoms with E-state index in [0.29, 0.717) is 4.64 Å². The maximum absolute atomic E-state index is 5.14. The van der Waals surface area contributed by atoms with Crippen molar-refractivity contribution in [1.82, 2.24) is 20.0 Å². The van der Waals surface area contributed by atoms with Crippen molar-refractivity contribution in [3.05, 3.63) is 28.2 Å². The predicted molar refractivity (Wildman–Crippen MR) is 65.8 cm³/mol. The normalized spacial score (nSPS) is 10.7. The van der Waals surface area contributed by atoms with Gasteiger partial charge in [-0.15, -0.1) is 0 Å². The van der Waals surface area contributed by atoms with E-state index in [-0.39, 0.29) is 0 Å².